The lowest BCUT2D eigenvalue weighted by atomic mass is 9.80. The summed E-state index contributed by atoms with van der Waals surface area (Å²) in [6, 6.07) is 6.60. The molecule has 0 amide bonds. The van der Waals surface area contributed by atoms with E-state index in [4.69, 9.17) is 10.5 Å². The summed E-state index contributed by atoms with van der Waals surface area (Å²) in [5.74, 6) is 2.09. The third kappa shape index (κ3) is 3.30. The number of benzene rings is 1. The fraction of sp³-hybridized carbons (Fsp3) is 0.647. The smallest absolute Gasteiger partial charge is 0.123 e. The molecule has 106 valence electrons. The largest absolute Gasteiger partial charge is 0.496 e. The van der Waals surface area contributed by atoms with Crippen molar-refractivity contribution in [3.05, 3.63) is 29.3 Å². The van der Waals surface area contributed by atoms with E-state index in [1.54, 1.807) is 7.11 Å². The van der Waals surface area contributed by atoms with E-state index in [1.807, 2.05) is 0 Å². The summed E-state index contributed by atoms with van der Waals surface area (Å²) in [7, 11) is 1.74. The monoisotopic (exact) mass is 261 g/mol. The minimum atomic E-state index is 0.119. The average molecular weight is 261 g/mol. The number of rotatable bonds is 4. The van der Waals surface area contributed by atoms with Gasteiger partial charge in [0.05, 0.1) is 7.11 Å². The molecule has 2 N–H and O–H groups in total. The number of hydrogen-bond acceptors (Lipinski definition) is 2. The summed E-state index contributed by atoms with van der Waals surface area (Å²) in [6.45, 7) is 4.44. The van der Waals surface area contributed by atoms with Crippen LogP contribution < -0.4 is 10.5 Å². The van der Waals surface area contributed by atoms with Crippen LogP contribution in [0, 0.1) is 5.92 Å². The van der Waals surface area contributed by atoms with E-state index in [9.17, 15) is 0 Å². The van der Waals surface area contributed by atoms with Crippen molar-refractivity contribution in [2.45, 2.75) is 57.9 Å². The van der Waals surface area contributed by atoms with Gasteiger partial charge < -0.3 is 10.5 Å². The summed E-state index contributed by atoms with van der Waals surface area (Å²) in [4.78, 5) is 0. The van der Waals surface area contributed by atoms with Crippen molar-refractivity contribution in [3.8, 4) is 5.75 Å². The Morgan fingerprint density at radius 1 is 1.16 bits per heavy atom. The van der Waals surface area contributed by atoms with Crippen LogP contribution in [-0.4, -0.2) is 7.11 Å². The molecule has 1 atom stereocenters. The zero-order valence-corrected chi connectivity index (χ0v) is 12.5. The van der Waals surface area contributed by atoms with Crippen LogP contribution in [0.2, 0.25) is 0 Å². The van der Waals surface area contributed by atoms with Crippen LogP contribution in [0.4, 0.5) is 0 Å². The maximum atomic E-state index is 6.54. The van der Waals surface area contributed by atoms with E-state index in [-0.39, 0.29) is 6.04 Å². The van der Waals surface area contributed by atoms with Crippen molar-refractivity contribution in [3.63, 3.8) is 0 Å². The number of methoxy groups -OCH3 is 1. The highest BCUT2D eigenvalue weighted by Crippen LogP contribution is 2.37. The van der Waals surface area contributed by atoms with Crippen LogP contribution in [-0.2, 0) is 0 Å². The zero-order chi connectivity index (χ0) is 13.8. The molecule has 1 saturated carbocycles. The van der Waals surface area contributed by atoms with Gasteiger partial charge in [-0.1, -0.05) is 45.2 Å². The van der Waals surface area contributed by atoms with Crippen LogP contribution in [0.3, 0.4) is 0 Å². The lowest BCUT2D eigenvalue weighted by Crippen LogP contribution is -2.24. The molecule has 0 aliphatic heterocycles. The first-order valence-electron chi connectivity index (χ1n) is 7.57. The van der Waals surface area contributed by atoms with Gasteiger partial charge in [0.15, 0.2) is 0 Å². The van der Waals surface area contributed by atoms with Crippen molar-refractivity contribution in [2.75, 3.05) is 7.11 Å². The maximum absolute atomic E-state index is 6.54. The highest BCUT2D eigenvalue weighted by Gasteiger charge is 2.24. The number of nitrogens with two attached hydrogens (primary N) is 1. The van der Waals surface area contributed by atoms with Crippen molar-refractivity contribution >= 4 is 0 Å². The molecule has 0 saturated heterocycles. The summed E-state index contributed by atoms with van der Waals surface area (Å²) >= 11 is 0. The van der Waals surface area contributed by atoms with Gasteiger partial charge in [-0.25, -0.2) is 0 Å². The Morgan fingerprint density at radius 3 is 2.42 bits per heavy atom. The highest BCUT2D eigenvalue weighted by molar-refractivity contribution is 5.40. The van der Waals surface area contributed by atoms with Crippen LogP contribution in [0.15, 0.2) is 18.2 Å². The lowest BCUT2D eigenvalue weighted by Gasteiger charge is -2.29. The van der Waals surface area contributed by atoms with Gasteiger partial charge in [0.25, 0.3) is 0 Å². The maximum Gasteiger partial charge on any atom is 0.123 e. The van der Waals surface area contributed by atoms with Crippen molar-refractivity contribution < 1.29 is 4.74 Å². The minimum Gasteiger partial charge on any atom is -0.496 e. The number of hydrogen-bond donors (Lipinski definition) is 1. The Labute approximate surface area is 117 Å². The van der Waals surface area contributed by atoms with Gasteiger partial charge in [-0.3, -0.25) is 0 Å². The van der Waals surface area contributed by atoms with Gasteiger partial charge in [-0.05, 0) is 36.3 Å². The van der Waals surface area contributed by atoms with Gasteiger partial charge in [0.1, 0.15) is 5.75 Å². The molecule has 1 aliphatic carbocycles. The molecule has 2 nitrogen and oxygen atoms in total. The summed E-state index contributed by atoms with van der Waals surface area (Å²) in [5.41, 5.74) is 9.08. The minimum absolute atomic E-state index is 0.119. The van der Waals surface area contributed by atoms with Gasteiger partial charge in [0.2, 0.25) is 0 Å². The molecule has 1 aromatic rings. The molecule has 1 fully saturated rings. The van der Waals surface area contributed by atoms with Crippen molar-refractivity contribution in [1.82, 2.24) is 0 Å². The van der Waals surface area contributed by atoms with Crippen LogP contribution in [0.5, 0.6) is 5.75 Å². The Kier molecular flexibility index (Phi) is 4.87. The van der Waals surface area contributed by atoms with E-state index in [0.29, 0.717) is 11.8 Å². The first-order chi connectivity index (χ1) is 9.13. The Hall–Kier alpha value is -1.02. The van der Waals surface area contributed by atoms with E-state index in [0.717, 1.165) is 5.75 Å². The molecule has 0 aromatic heterocycles. The molecular weight excluding hydrogens is 234 g/mol. The third-order valence-electron chi connectivity index (χ3n) is 4.44. The molecule has 0 bridgehead atoms. The molecule has 2 rings (SSSR count). The van der Waals surface area contributed by atoms with Crippen molar-refractivity contribution in [1.29, 1.82) is 0 Å². The molecule has 0 spiro atoms. The molecular formula is C17H27NO. The SMILES string of the molecule is COc1ccc(C(C)C)cc1[C@@H](N)C1CCCCC1. The Bertz CT molecular complexity index is 408. The standard InChI is InChI=1S/C17H27NO/c1-12(2)14-9-10-16(19-3)15(11-14)17(18)13-7-5-4-6-8-13/h9-13,17H,4-8,18H2,1-3H3/t17-/m0/s1. The highest BCUT2D eigenvalue weighted by atomic mass is 16.5. The normalized spacial score (nSPS) is 18.6. The second-order valence-corrected chi connectivity index (χ2v) is 6.08. The fourth-order valence-electron chi connectivity index (χ4n) is 3.12. The molecule has 0 unspecified atom stereocenters. The van der Waals surface area contributed by atoms with Gasteiger partial charge in [-0.15, -0.1) is 0 Å². The quantitative estimate of drug-likeness (QED) is 0.872. The summed E-state index contributed by atoms with van der Waals surface area (Å²) < 4.78 is 5.51. The first-order valence-corrected chi connectivity index (χ1v) is 7.57. The number of ether oxygens (including phenoxy) is 1. The van der Waals surface area contributed by atoms with Crippen LogP contribution in [0.1, 0.15) is 69.0 Å². The molecule has 0 heterocycles. The molecule has 19 heavy (non-hydrogen) atoms. The van der Waals surface area contributed by atoms with Gasteiger partial charge >= 0.3 is 0 Å². The molecule has 1 aromatic carbocycles. The topological polar surface area (TPSA) is 35.2 Å². The van der Waals surface area contributed by atoms with Crippen LogP contribution >= 0.6 is 0 Å². The van der Waals surface area contributed by atoms with E-state index < -0.39 is 0 Å². The van der Waals surface area contributed by atoms with E-state index in [2.05, 4.69) is 32.0 Å². The fourth-order valence-corrected chi connectivity index (χ4v) is 3.12. The summed E-state index contributed by atoms with van der Waals surface area (Å²) in [5, 5.41) is 0. The second kappa shape index (κ2) is 6.42. The lowest BCUT2D eigenvalue weighted by molar-refractivity contribution is 0.301. The van der Waals surface area contributed by atoms with Crippen LogP contribution in [0.25, 0.3) is 0 Å². The third-order valence-corrected chi connectivity index (χ3v) is 4.44. The average Bonchev–Trinajstić information content (AvgIpc) is 2.46. The van der Waals surface area contributed by atoms with E-state index in [1.165, 1.54) is 43.2 Å². The first kappa shape index (κ1) is 14.4. The summed E-state index contributed by atoms with van der Waals surface area (Å²) in [6.07, 6.45) is 6.54. The molecule has 2 heteroatoms. The predicted octanol–water partition coefficient (Wildman–Crippen LogP) is 4.40. The zero-order valence-electron chi connectivity index (χ0n) is 12.5. The predicted molar refractivity (Wildman–Crippen MR) is 80.6 cm³/mol. The van der Waals surface area contributed by atoms with E-state index >= 15 is 0 Å². The van der Waals surface area contributed by atoms with Gasteiger partial charge in [0, 0.05) is 11.6 Å². The second-order valence-electron chi connectivity index (χ2n) is 6.08. The van der Waals surface area contributed by atoms with Crippen molar-refractivity contribution in [2.24, 2.45) is 11.7 Å². The molecule has 0 radical (unpaired) electrons. The Morgan fingerprint density at radius 2 is 1.84 bits per heavy atom. The van der Waals surface area contributed by atoms with Gasteiger partial charge in [-0.2, -0.15) is 0 Å². The Balaban J connectivity index is 2.27. The molecule has 1 aliphatic rings.